The van der Waals surface area contributed by atoms with Gasteiger partial charge in [0.1, 0.15) is 0 Å². The first kappa shape index (κ1) is 21.5. The molecule has 1 N–H and O–H groups in total. The van der Waals surface area contributed by atoms with Crippen LogP contribution in [0.5, 0.6) is 0 Å². The summed E-state index contributed by atoms with van der Waals surface area (Å²) in [6.45, 7) is 8.09. The molecule has 1 aliphatic heterocycles. The maximum absolute atomic E-state index is 13.1. The average molecular weight is 427 g/mol. The molecule has 1 atom stereocenters. The Bertz CT molecular complexity index is 1230. The van der Waals surface area contributed by atoms with E-state index in [9.17, 15) is 14.4 Å². The van der Waals surface area contributed by atoms with Gasteiger partial charge in [0.05, 0.1) is 16.8 Å². The normalized spacial score (nSPS) is 13.8. The fourth-order valence-electron chi connectivity index (χ4n) is 3.90. The van der Waals surface area contributed by atoms with Crippen LogP contribution in [0.1, 0.15) is 74.0 Å². The smallest absolute Gasteiger partial charge is 0.266 e. The molecule has 0 aliphatic carbocycles. The molecular weight excluding hydrogens is 400 g/mol. The van der Waals surface area contributed by atoms with Gasteiger partial charge in [-0.05, 0) is 79.3 Å². The van der Waals surface area contributed by atoms with Crippen molar-refractivity contribution in [3.8, 4) is 0 Å². The molecule has 0 radical (unpaired) electrons. The van der Waals surface area contributed by atoms with Gasteiger partial charge in [0.15, 0.2) is 0 Å². The van der Waals surface area contributed by atoms with E-state index < -0.39 is 5.91 Å². The monoisotopic (exact) mass is 426 g/mol. The number of benzene rings is 3. The Balaban J connectivity index is 1.58. The Hall–Kier alpha value is -3.73. The lowest BCUT2D eigenvalue weighted by molar-refractivity contribution is 0.0925. The molecule has 32 heavy (non-hydrogen) atoms. The second kappa shape index (κ2) is 8.42. The molecule has 1 heterocycles. The maximum atomic E-state index is 13.1. The highest BCUT2D eigenvalue weighted by molar-refractivity contribution is 6.35. The van der Waals surface area contributed by atoms with Crippen LogP contribution < -0.4 is 10.2 Å². The Morgan fingerprint density at radius 3 is 2.28 bits per heavy atom. The van der Waals surface area contributed by atoms with Gasteiger partial charge in [0.2, 0.25) is 0 Å². The van der Waals surface area contributed by atoms with E-state index >= 15 is 0 Å². The number of nitrogens with zero attached hydrogens (tertiary/aromatic N) is 1. The summed E-state index contributed by atoms with van der Waals surface area (Å²) in [5, 5.41) is 2.87. The van der Waals surface area contributed by atoms with Crippen molar-refractivity contribution in [3.05, 3.63) is 94.0 Å². The number of fused-ring (bicyclic) bond motifs is 1. The van der Waals surface area contributed by atoms with Crippen molar-refractivity contribution in [2.24, 2.45) is 0 Å². The van der Waals surface area contributed by atoms with E-state index in [1.54, 1.807) is 12.1 Å². The first-order valence-electron chi connectivity index (χ1n) is 10.8. The molecule has 4 rings (SSSR count). The summed E-state index contributed by atoms with van der Waals surface area (Å²) in [7, 11) is 0. The molecule has 3 aromatic rings. The van der Waals surface area contributed by atoms with E-state index in [4.69, 9.17) is 0 Å². The van der Waals surface area contributed by atoms with Gasteiger partial charge in [0.25, 0.3) is 17.7 Å². The first-order valence-corrected chi connectivity index (χ1v) is 10.8. The lowest BCUT2D eigenvalue weighted by Crippen LogP contribution is -2.30. The van der Waals surface area contributed by atoms with Crippen LogP contribution >= 0.6 is 0 Å². The van der Waals surface area contributed by atoms with Crippen molar-refractivity contribution in [3.63, 3.8) is 0 Å². The highest BCUT2D eigenvalue weighted by Crippen LogP contribution is 2.32. The zero-order valence-corrected chi connectivity index (χ0v) is 18.7. The number of imide groups is 1. The molecule has 5 nitrogen and oxygen atoms in total. The first-order chi connectivity index (χ1) is 15.3. The van der Waals surface area contributed by atoms with E-state index in [1.807, 2.05) is 56.3 Å². The summed E-state index contributed by atoms with van der Waals surface area (Å²) < 4.78 is 0. The van der Waals surface area contributed by atoms with Crippen LogP contribution in [-0.4, -0.2) is 17.7 Å². The molecule has 162 valence electrons. The molecule has 0 bridgehead atoms. The molecule has 1 unspecified atom stereocenters. The van der Waals surface area contributed by atoms with Gasteiger partial charge < -0.3 is 5.32 Å². The van der Waals surface area contributed by atoms with Crippen LogP contribution in [0.25, 0.3) is 0 Å². The predicted octanol–water partition coefficient (Wildman–Crippen LogP) is 5.87. The maximum Gasteiger partial charge on any atom is 0.266 e. The zero-order valence-electron chi connectivity index (χ0n) is 18.7. The van der Waals surface area contributed by atoms with Gasteiger partial charge in [-0.2, -0.15) is 0 Å². The summed E-state index contributed by atoms with van der Waals surface area (Å²) in [6, 6.07) is 18.1. The van der Waals surface area contributed by atoms with Crippen molar-refractivity contribution in [1.29, 1.82) is 0 Å². The predicted molar refractivity (Wildman–Crippen MR) is 127 cm³/mol. The molecule has 3 aromatic carbocycles. The summed E-state index contributed by atoms with van der Waals surface area (Å²) in [4.78, 5) is 40.1. The minimum atomic E-state index is -0.411. The van der Waals surface area contributed by atoms with E-state index in [-0.39, 0.29) is 17.4 Å². The van der Waals surface area contributed by atoms with Crippen LogP contribution in [0.15, 0.2) is 60.7 Å². The van der Waals surface area contributed by atoms with E-state index in [0.29, 0.717) is 28.4 Å². The van der Waals surface area contributed by atoms with E-state index in [0.717, 1.165) is 17.5 Å². The number of hydrogen-bond acceptors (Lipinski definition) is 3. The Labute approximate surface area is 188 Å². The SMILES string of the molecule is CCC(C)c1ccc(NC(=O)c2ccc3c(c2)C(=O)N(c2cc(C)ccc2C)C3=O)cc1. The molecule has 3 amide bonds. The number of carbonyl (C=O) groups is 3. The molecule has 0 saturated carbocycles. The number of hydrogen-bond donors (Lipinski definition) is 1. The van der Waals surface area contributed by atoms with Crippen molar-refractivity contribution in [2.45, 2.75) is 40.0 Å². The molecule has 0 spiro atoms. The van der Waals surface area contributed by atoms with Crippen LogP contribution in [0, 0.1) is 13.8 Å². The highest BCUT2D eigenvalue weighted by atomic mass is 16.2. The van der Waals surface area contributed by atoms with Crippen molar-refractivity contribution in [2.75, 3.05) is 10.2 Å². The number of nitrogens with one attached hydrogen (secondary N) is 1. The minimum absolute atomic E-state index is 0.246. The van der Waals surface area contributed by atoms with E-state index in [1.165, 1.54) is 16.5 Å². The third-order valence-electron chi connectivity index (χ3n) is 6.10. The highest BCUT2D eigenvalue weighted by Gasteiger charge is 2.37. The topological polar surface area (TPSA) is 66.5 Å². The summed E-state index contributed by atoms with van der Waals surface area (Å²) in [6.07, 6.45) is 1.05. The number of rotatable bonds is 5. The van der Waals surface area contributed by atoms with Gasteiger partial charge in [-0.3, -0.25) is 14.4 Å². The quantitative estimate of drug-likeness (QED) is 0.519. The molecule has 1 aliphatic rings. The van der Waals surface area contributed by atoms with Gasteiger partial charge in [-0.1, -0.05) is 38.1 Å². The van der Waals surface area contributed by atoms with E-state index in [2.05, 4.69) is 19.2 Å². The number of carbonyl (C=O) groups excluding carboxylic acids is 3. The summed E-state index contributed by atoms with van der Waals surface area (Å²) in [5.41, 5.74) is 5.16. The minimum Gasteiger partial charge on any atom is -0.322 e. The second-order valence-electron chi connectivity index (χ2n) is 8.38. The van der Waals surface area contributed by atoms with Crippen LogP contribution in [0.3, 0.4) is 0 Å². The van der Waals surface area contributed by atoms with Crippen molar-refractivity contribution < 1.29 is 14.4 Å². The molecular formula is C27H26N2O3. The van der Waals surface area contributed by atoms with Gasteiger partial charge in [-0.25, -0.2) is 4.90 Å². The molecule has 0 aromatic heterocycles. The molecule has 0 fully saturated rings. The largest absolute Gasteiger partial charge is 0.322 e. The lowest BCUT2D eigenvalue weighted by Gasteiger charge is -2.17. The van der Waals surface area contributed by atoms with Gasteiger partial charge in [0, 0.05) is 11.3 Å². The average Bonchev–Trinajstić information content (AvgIpc) is 3.04. The van der Waals surface area contributed by atoms with Crippen LogP contribution in [0.2, 0.25) is 0 Å². The Morgan fingerprint density at radius 1 is 0.906 bits per heavy atom. The van der Waals surface area contributed by atoms with Crippen LogP contribution in [-0.2, 0) is 0 Å². The van der Waals surface area contributed by atoms with Gasteiger partial charge in [-0.15, -0.1) is 0 Å². The van der Waals surface area contributed by atoms with Crippen LogP contribution in [0.4, 0.5) is 11.4 Å². The molecule has 5 heteroatoms. The third-order valence-corrected chi connectivity index (χ3v) is 6.10. The fraction of sp³-hybridized carbons (Fsp3) is 0.222. The summed E-state index contributed by atoms with van der Waals surface area (Å²) in [5.74, 6) is -0.646. The third kappa shape index (κ3) is 3.82. The lowest BCUT2D eigenvalue weighted by atomic mass is 9.98. The Kier molecular flexibility index (Phi) is 5.66. The van der Waals surface area contributed by atoms with Crippen molar-refractivity contribution >= 4 is 29.1 Å². The van der Waals surface area contributed by atoms with Crippen molar-refractivity contribution in [1.82, 2.24) is 0 Å². The molecule has 0 saturated heterocycles. The fourth-order valence-corrected chi connectivity index (χ4v) is 3.90. The number of anilines is 2. The Morgan fingerprint density at radius 2 is 1.59 bits per heavy atom. The second-order valence-corrected chi connectivity index (χ2v) is 8.38. The number of aryl methyl sites for hydroxylation is 2. The summed E-state index contributed by atoms with van der Waals surface area (Å²) >= 11 is 0. The van der Waals surface area contributed by atoms with Gasteiger partial charge >= 0.3 is 0 Å². The number of amides is 3. The zero-order chi connectivity index (χ0) is 23.0. The standard InChI is InChI=1S/C27H26N2O3/c1-5-17(3)19-8-11-21(12-9-19)28-25(30)20-10-13-22-23(15-20)27(32)29(26(22)31)24-14-16(2)6-7-18(24)4/h6-15,17H,5H2,1-4H3,(H,28,30).